The first-order valence-corrected chi connectivity index (χ1v) is 10.3. The highest BCUT2D eigenvalue weighted by molar-refractivity contribution is 8.18. The van der Waals surface area contributed by atoms with Crippen molar-refractivity contribution in [2.45, 2.75) is 12.8 Å². The fourth-order valence-electron chi connectivity index (χ4n) is 3.65. The number of benzene rings is 1. The number of nitrogens with zero attached hydrogens (tertiary/aromatic N) is 4. The molecule has 29 heavy (non-hydrogen) atoms. The van der Waals surface area contributed by atoms with Crippen LogP contribution in [0.5, 0.6) is 0 Å². The fraction of sp³-hybridized carbons (Fsp3) is 0.333. The molecule has 0 spiro atoms. The number of amides is 2. The van der Waals surface area contributed by atoms with E-state index in [4.69, 9.17) is 6.42 Å². The quantitative estimate of drug-likeness (QED) is 0.792. The Hall–Kier alpha value is -3.05. The molecule has 1 aromatic heterocycles. The zero-order chi connectivity index (χ0) is 20.4. The number of nitrogens with one attached hydrogen (secondary N) is 1. The maximum Gasteiger partial charge on any atom is 0.311 e. The molecule has 2 aliphatic heterocycles. The smallest absolute Gasteiger partial charge is 0.311 e. The molecule has 8 heteroatoms. The first kappa shape index (κ1) is 19.3. The van der Waals surface area contributed by atoms with Crippen LogP contribution < -0.4 is 5.32 Å². The zero-order valence-corrected chi connectivity index (χ0v) is 16.9. The van der Waals surface area contributed by atoms with Crippen molar-refractivity contribution >= 4 is 39.8 Å². The van der Waals surface area contributed by atoms with E-state index in [-0.39, 0.29) is 17.1 Å². The van der Waals surface area contributed by atoms with Gasteiger partial charge in [0.1, 0.15) is 5.84 Å². The summed E-state index contributed by atoms with van der Waals surface area (Å²) in [4.78, 5) is 35.8. The van der Waals surface area contributed by atoms with E-state index < -0.39 is 0 Å². The van der Waals surface area contributed by atoms with Crippen LogP contribution in [0, 0.1) is 18.3 Å². The third-order valence-electron chi connectivity index (χ3n) is 5.18. The molecule has 7 nitrogen and oxygen atoms in total. The van der Waals surface area contributed by atoms with E-state index in [1.54, 1.807) is 0 Å². The average Bonchev–Trinajstić information content (AvgIpc) is 3.26. The summed E-state index contributed by atoms with van der Waals surface area (Å²) in [6.45, 7) is 1.63. The van der Waals surface area contributed by atoms with Crippen molar-refractivity contribution in [3.05, 3.63) is 41.1 Å². The number of amidine groups is 1. The molecule has 0 unspecified atom stereocenters. The Morgan fingerprint density at radius 2 is 2.14 bits per heavy atom. The van der Waals surface area contributed by atoms with E-state index in [0.717, 1.165) is 40.5 Å². The second-order valence-corrected chi connectivity index (χ2v) is 8.02. The number of thioether (sulfide) groups is 1. The number of aryl methyl sites for hydroxylation is 1. The lowest BCUT2D eigenvalue weighted by Gasteiger charge is -2.30. The maximum atomic E-state index is 13.0. The molecule has 0 bridgehead atoms. The molecule has 4 rings (SSSR count). The topological polar surface area (TPSA) is 79.6 Å². The molecular formula is C21H21N5O2S. The Kier molecular flexibility index (Phi) is 5.41. The lowest BCUT2D eigenvalue weighted by molar-refractivity contribution is 0.0690. The van der Waals surface area contributed by atoms with E-state index >= 15 is 0 Å². The molecule has 2 amide bonds. The second kappa shape index (κ2) is 8.13. The van der Waals surface area contributed by atoms with E-state index in [1.165, 1.54) is 0 Å². The molecule has 0 aliphatic carbocycles. The molecule has 0 saturated carbocycles. The van der Waals surface area contributed by atoms with E-state index in [9.17, 15) is 9.59 Å². The molecule has 1 N–H and O–H groups in total. The summed E-state index contributed by atoms with van der Waals surface area (Å²) in [6.07, 6.45) is 9.01. The molecule has 2 aliphatic rings. The molecule has 3 heterocycles. The zero-order valence-electron chi connectivity index (χ0n) is 16.1. The van der Waals surface area contributed by atoms with Crippen LogP contribution in [-0.2, 0) is 7.05 Å². The van der Waals surface area contributed by atoms with Gasteiger partial charge in [0.25, 0.3) is 5.91 Å². The van der Waals surface area contributed by atoms with Crippen molar-refractivity contribution in [3.63, 3.8) is 0 Å². The second-order valence-electron chi connectivity index (χ2n) is 7.03. The number of para-hydroxylation sites is 2. The summed E-state index contributed by atoms with van der Waals surface area (Å²) in [5.41, 5.74) is 1.77. The van der Waals surface area contributed by atoms with Gasteiger partial charge in [0, 0.05) is 20.1 Å². The molecule has 148 valence electrons. The number of rotatable bonds is 3. The summed E-state index contributed by atoms with van der Waals surface area (Å²) < 4.78 is 1.85. The van der Waals surface area contributed by atoms with Crippen molar-refractivity contribution in [3.8, 4) is 12.3 Å². The van der Waals surface area contributed by atoms with Gasteiger partial charge in [-0.1, -0.05) is 24.1 Å². The number of hydrogen-bond acceptors (Lipinski definition) is 5. The van der Waals surface area contributed by atoms with Crippen LogP contribution in [0.25, 0.3) is 11.0 Å². The van der Waals surface area contributed by atoms with Crippen molar-refractivity contribution < 1.29 is 9.59 Å². The van der Waals surface area contributed by atoms with Gasteiger partial charge >= 0.3 is 5.24 Å². The highest BCUT2D eigenvalue weighted by atomic mass is 32.2. The van der Waals surface area contributed by atoms with E-state index in [1.807, 2.05) is 40.8 Å². The normalized spacial score (nSPS) is 18.9. The summed E-state index contributed by atoms with van der Waals surface area (Å²) in [5, 5.41) is 2.77. The minimum absolute atomic E-state index is 0.0434. The fourth-order valence-corrected chi connectivity index (χ4v) is 4.45. The first-order chi connectivity index (χ1) is 14.1. The van der Waals surface area contributed by atoms with Crippen LogP contribution in [0.3, 0.4) is 0 Å². The number of allylic oxidation sites excluding steroid dienone is 1. The first-order valence-electron chi connectivity index (χ1n) is 9.47. The van der Waals surface area contributed by atoms with E-state index in [0.29, 0.717) is 31.3 Å². The number of carbonyl (C=O) groups is 2. The molecule has 2 aromatic rings. The number of hydrogen-bond donors (Lipinski definition) is 1. The monoisotopic (exact) mass is 407 g/mol. The van der Waals surface area contributed by atoms with Crippen molar-refractivity contribution in [2.24, 2.45) is 18.0 Å². The Morgan fingerprint density at radius 1 is 1.38 bits per heavy atom. The van der Waals surface area contributed by atoms with Gasteiger partial charge in [-0.15, -0.1) is 6.42 Å². The number of aromatic nitrogens is 2. The lowest BCUT2D eigenvalue weighted by atomic mass is 9.96. The molecule has 1 saturated heterocycles. The average molecular weight is 407 g/mol. The highest BCUT2D eigenvalue weighted by Gasteiger charge is 2.28. The predicted octanol–water partition coefficient (Wildman–Crippen LogP) is 2.80. The predicted molar refractivity (Wildman–Crippen MR) is 115 cm³/mol. The van der Waals surface area contributed by atoms with Gasteiger partial charge in [0.05, 0.1) is 22.5 Å². The Bertz CT molecular complexity index is 1070. The Balaban J connectivity index is 1.42. The summed E-state index contributed by atoms with van der Waals surface area (Å²) in [5.74, 6) is 3.75. The Labute approximate surface area is 173 Å². The molecule has 0 radical (unpaired) electrons. The summed E-state index contributed by atoms with van der Waals surface area (Å²) in [6, 6.07) is 7.74. The summed E-state index contributed by atoms with van der Waals surface area (Å²) in [7, 11) is 1.87. The van der Waals surface area contributed by atoms with Crippen LogP contribution in [-0.4, -0.2) is 51.1 Å². The van der Waals surface area contributed by atoms with Gasteiger partial charge in [-0.2, -0.15) is 4.99 Å². The van der Waals surface area contributed by atoms with Gasteiger partial charge in [0.2, 0.25) is 0 Å². The van der Waals surface area contributed by atoms with Crippen molar-refractivity contribution in [1.82, 2.24) is 19.8 Å². The molecule has 1 fully saturated rings. The number of piperidine rings is 1. The van der Waals surface area contributed by atoms with Crippen LogP contribution in [0.4, 0.5) is 4.79 Å². The minimum Gasteiger partial charge on any atom is -0.358 e. The van der Waals surface area contributed by atoms with Gasteiger partial charge in [0.15, 0.2) is 5.82 Å². The molecular weight excluding hydrogens is 386 g/mol. The van der Waals surface area contributed by atoms with Crippen LogP contribution in [0.15, 0.2) is 40.2 Å². The van der Waals surface area contributed by atoms with Gasteiger partial charge < -0.3 is 14.8 Å². The molecule has 1 aromatic carbocycles. The maximum absolute atomic E-state index is 13.0. The summed E-state index contributed by atoms with van der Waals surface area (Å²) >= 11 is 1.12. The largest absolute Gasteiger partial charge is 0.358 e. The number of imidazole rings is 1. The van der Waals surface area contributed by atoms with Crippen LogP contribution in [0.1, 0.15) is 23.5 Å². The number of aliphatic imine (C=N–C) groups is 1. The standard InChI is InChI=1S/C21H21N5O2S/c1-3-10-22-18-17(29-21(28)24-18)13-14-8-11-26(12-9-14)20(27)19-23-15-6-4-5-7-16(15)25(19)2/h1,4-7,13-14H,8-12H2,2H3,(H,22,24,28)/b17-13-. The SMILES string of the molecule is C#CCNC1=NC(=O)S/C1=C\C1CCN(C(=O)c2nc3ccccc3n2C)CC1. The lowest BCUT2D eigenvalue weighted by Crippen LogP contribution is -2.39. The number of carbonyl (C=O) groups excluding carboxylic acids is 2. The van der Waals surface area contributed by atoms with Gasteiger partial charge in [-0.05, 0) is 42.7 Å². The minimum atomic E-state index is -0.231. The van der Waals surface area contributed by atoms with Crippen LogP contribution >= 0.6 is 11.8 Å². The number of likely N-dealkylation sites (tertiary alicyclic amines) is 1. The Morgan fingerprint density at radius 3 is 2.86 bits per heavy atom. The number of fused-ring (bicyclic) bond motifs is 1. The van der Waals surface area contributed by atoms with E-state index in [2.05, 4.69) is 27.3 Å². The van der Waals surface area contributed by atoms with Gasteiger partial charge in [-0.3, -0.25) is 9.59 Å². The van der Waals surface area contributed by atoms with Crippen LogP contribution in [0.2, 0.25) is 0 Å². The van der Waals surface area contributed by atoms with Gasteiger partial charge in [-0.25, -0.2) is 4.98 Å². The third-order valence-corrected chi connectivity index (χ3v) is 6.00. The molecule has 0 atom stereocenters. The third kappa shape index (κ3) is 3.91. The number of terminal acetylenes is 1. The van der Waals surface area contributed by atoms with Crippen molar-refractivity contribution in [1.29, 1.82) is 0 Å². The van der Waals surface area contributed by atoms with Crippen molar-refractivity contribution in [2.75, 3.05) is 19.6 Å². The highest BCUT2D eigenvalue weighted by Crippen LogP contribution is 2.30.